The second-order valence-corrected chi connectivity index (χ2v) is 6.13. The third kappa shape index (κ3) is 10.4. The molecule has 0 aromatic heterocycles. The molecule has 6 N–H and O–H groups in total. The largest absolute Gasteiger partial charge is 0.481 e. The average Bonchev–Trinajstić information content (AvgIpc) is 2.58. The topological polar surface area (TPSA) is 199 Å². The lowest BCUT2D eigenvalue weighted by molar-refractivity contribution is -0.142. The predicted molar refractivity (Wildman–Crippen MR) is 96.7 cm³/mol. The normalized spacial score (nSPS) is 13.5. The Bertz CT molecular complexity index is 626. The number of hydrogen-bond donors (Lipinski definition) is 7. The second-order valence-electron chi connectivity index (χ2n) is 5.76. The lowest BCUT2D eigenvalue weighted by Gasteiger charge is -2.23. The summed E-state index contributed by atoms with van der Waals surface area (Å²) in [5.74, 6) is -6.53. The first-order chi connectivity index (χ1) is 13.0. The summed E-state index contributed by atoms with van der Waals surface area (Å²) in [6.07, 6.45) is -1.55. The van der Waals surface area contributed by atoms with Crippen molar-refractivity contribution in [1.29, 1.82) is 0 Å². The van der Waals surface area contributed by atoms with E-state index in [0.717, 1.165) is 6.92 Å². The maximum atomic E-state index is 12.4. The van der Waals surface area contributed by atoms with Crippen molar-refractivity contribution in [2.24, 2.45) is 0 Å². The van der Waals surface area contributed by atoms with Gasteiger partial charge in [0.05, 0.1) is 0 Å². The van der Waals surface area contributed by atoms with E-state index in [4.69, 9.17) is 15.3 Å². The molecule has 0 spiro atoms. The molecule has 0 saturated heterocycles. The fourth-order valence-electron chi connectivity index (χ4n) is 2.05. The Balaban J connectivity index is 5.29. The lowest BCUT2D eigenvalue weighted by Crippen LogP contribution is -2.56. The van der Waals surface area contributed by atoms with Crippen LogP contribution in [0.3, 0.4) is 0 Å². The van der Waals surface area contributed by atoms with Crippen LogP contribution in [0.2, 0.25) is 0 Å². The zero-order valence-corrected chi connectivity index (χ0v) is 15.9. The highest BCUT2D eigenvalue weighted by molar-refractivity contribution is 7.80. The van der Waals surface area contributed by atoms with Crippen LogP contribution in [0.1, 0.15) is 32.6 Å². The van der Waals surface area contributed by atoms with Gasteiger partial charge < -0.3 is 31.3 Å². The van der Waals surface area contributed by atoms with Gasteiger partial charge in [0.25, 0.3) is 0 Å². The van der Waals surface area contributed by atoms with Gasteiger partial charge in [-0.2, -0.15) is 12.6 Å². The van der Waals surface area contributed by atoms with Crippen molar-refractivity contribution < 1.29 is 44.1 Å². The quantitative estimate of drug-likeness (QED) is 0.168. The summed E-state index contributed by atoms with van der Waals surface area (Å²) in [4.78, 5) is 68.4. The van der Waals surface area contributed by atoms with E-state index in [-0.39, 0.29) is 18.6 Å². The van der Waals surface area contributed by atoms with Crippen molar-refractivity contribution in [1.82, 2.24) is 16.0 Å². The second kappa shape index (κ2) is 12.5. The molecule has 12 nitrogen and oxygen atoms in total. The summed E-state index contributed by atoms with van der Waals surface area (Å²) in [6.45, 7) is 1.11. The molecule has 0 aliphatic carbocycles. The monoisotopic (exact) mass is 421 g/mol. The highest BCUT2D eigenvalue weighted by atomic mass is 32.1. The molecular formula is C15H23N3O9S. The molecule has 3 atom stereocenters. The molecule has 28 heavy (non-hydrogen) atoms. The minimum Gasteiger partial charge on any atom is -0.481 e. The molecular weight excluding hydrogens is 398 g/mol. The number of nitrogens with one attached hydrogen (secondary N) is 3. The van der Waals surface area contributed by atoms with Crippen LogP contribution in [0.15, 0.2) is 0 Å². The first kappa shape index (κ1) is 25.2. The Morgan fingerprint density at radius 3 is 1.46 bits per heavy atom. The maximum Gasteiger partial charge on any atom is 0.327 e. The van der Waals surface area contributed by atoms with E-state index in [1.54, 1.807) is 0 Å². The van der Waals surface area contributed by atoms with Crippen LogP contribution in [-0.4, -0.2) is 74.8 Å². The number of amides is 3. The summed E-state index contributed by atoms with van der Waals surface area (Å²) in [5.41, 5.74) is 0. The predicted octanol–water partition coefficient (Wildman–Crippen LogP) is -1.80. The highest BCUT2D eigenvalue weighted by Gasteiger charge is 2.29. The maximum absolute atomic E-state index is 12.4. The van der Waals surface area contributed by atoms with Crippen molar-refractivity contribution in [3.05, 3.63) is 0 Å². The van der Waals surface area contributed by atoms with Gasteiger partial charge in [-0.15, -0.1) is 0 Å². The summed E-state index contributed by atoms with van der Waals surface area (Å²) in [5, 5.41) is 33.1. The average molecular weight is 421 g/mol. The molecule has 0 aromatic carbocycles. The van der Waals surface area contributed by atoms with Gasteiger partial charge in [-0.25, -0.2) is 4.79 Å². The smallest absolute Gasteiger partial charge is 0.327 e. The van der Waals surface area contributed by atoms with Crippen LogP contribution in [0.5, 0.6) is 0 Å². The SMILES string of the molecule is CC(=O)N[C@@H](CCC(=O)O)C(=O)N[C@@H](CCC(=O)O)C(=O)N[C@@H](CS)C(=O)O. The molecule has 0 fully saturated rings. The third-order valence-electron chi connectivity index (χ3n) is 3.42. The van der Waals surface area contributed by atoms with Gasteiger partial charge in [0.2, 0.25) is 17.7 Å². The lowest BCUT2D eigenvalue weighted by atomic mass is 10.1. The Kier molecular flexibility index (Phi) is 11.3. The molecule has 0 aromatic rings. The number of aliphatic carboxylic acids is 3. The summed E-state index contributed by atoms with van der Waals surface area (Å²) < 4.78 is 0. The van der Waals surface area contributed by atoms with E-state index in [0.29, 0.717) is 0 Å². The van der Waals surface area contributed by atoms with Crippen molar-refractivity contribution in [3.8, 4) is 0 Å². The van der Waals surface area contributed by atoms with E-state index >= 15 is 0 Å². The van der Waals surface area contributed by atoms with Crippen LogP contribution in [0.25, 0.3) is 0 Å². The van der Waals surface area contributed by atoms with Crippen molar-refractivity contribution in [2.45, 2.75) is 50.7 Å². The van der Waals surface area contributed by atoms with E-state index in [1.807, 2.05) is 0 Å². The fraction of sp³-hybridized carbons (Fsp3) is 0.600. The Morgan fingerprint density at radius 2 is 1.14 bits per heavy atom. The highest BCUT2D eigenvalue weighted by Crippen LogP contribution is 2.04. The number of carboxylic acids is 3. The molecule has 13 heteroatoms. The van der Waals surface area contributed by atoms with Crippen LogP contribution in [0.4, 0.5) is 0 Å². The zero-order valence-electron chi connectivity index (χ0n) is 15.0. The molecule has 0 rings (SSSR count). The Labute approximate surface area is 165 Å². The number of rotatable bonds is 13. The van der Waals surface area contributed by atoms with Crippen molar-refractivity contribution >= 4 is 48.3 Å². The molecule has 0 saturated carbocycles. The molecule has 0 aliphatic rings. The van der Waals surface area contributed by atoms with Crippen molar-refractivity contribution in [3.63, 3.8) is 0 Å². The van der Waals surface area contributed by atoms with Gasteiger partial charge in [0.1, 0.15) is 18.1 Å². The zero-order chi connectivity index (χ0) is 21.9. The van der Waals surface area contributed by atoms with Crippen LogP contribution < -0.4 is 16.0 Å². The summed E-state index contributed by atoms with van der Waals surface area (Å²) in [7, 11) is 0. The minimum absolute atomic E-state index is 0.242. The first-order valence-electron chi connectivity index (χ1n) is 8.13. The van der Waals surface area contributed by atoms with Crippen LogP contribution in [-0.2, 0) is 28.8 Å². The molecule has 0 radical (unpaired) electrons. The molecule has 0 bridgehead atoms. The molecule has 158 valence electrons. The van der Waals surface area contributed by atoms with Crippen LogP contribution >= 0.6 is 12.6 Å². The van der Waals surface area contributed by atoms with Gasteiger partial charge in [0, 0.05) is 25.5 Å². The standard InChI is InChI=1S/C15H23N3O9S/c1-7(19)16-8(2-4-11(20)21)13(24)17-9(3-5-12(22)23)14(25)18-10(6-28)15(26)27/h8-10,28H,2-6H2,1H3,(H,16,19)(H,17,24)(H,18,25)(H,20,21)(H,22,23)(H,26,27)/t8-,9-,10-/m0/s1. The molecule has 0 unspecified atom stereocenters. The fourth-order valence-corrected chi connectivity index (χ4v) is 2.30. The third-order valence-corrected chi connectivity index (χ3v) is 3.78. The van der Waals surface area contributed by atoms with Gasteiger partial charge in [0.15, 0.2) is 0 Å². The number of hydrogen-bond acceptors (Lipinski definition) is 7. The molecule has 0 aliphatic heterocycles. The van der Waals surface area contributed by atoms with Gasteiger partial charge >= 0.3 is 17.9 Å². The number of thiol groups is 1. The van der Waals surface area contributed by atoms with Gasteiger partial charge in [-0.3, -0.25) is 24.0 Å². The van der Waals surface area contributed by atoms with Gasteiger partial charge in [-0.05, 0) is 12.8 Å². The van der Waals surface area contributed by atoms with Gasteiger partial charge in [-0.1, -0.05) is 0 Å². The van der Waals surface area contributed by atoms with E-state index in [9.17, 15) is 28.8 Å². The van der Waals surface area contributed by atoms with Crippen molar-refractivity contribution in [2.75, 3.05) is 5.75 Å². The Morgan fingerprint density at radius 1 is 0.750 bits per heavy atom. The molecule has 0 heterocycles. The first-order valence-corrected chi connectivity index (χ1v) is 8.76. The summed E-state index contributed by atoms with van der Waals surface area (Å²) >= 11 is 3.79. The van der Waals surface area contributed by atoms with Crippen LogP contribution in [0, 0.1) is 0 Å². The summed E-state index contributed by atoms with van der Waals surface area (Å²) in [6, 6.07) is -4.04. The van der Waals surface area contributed by atoms with E-state index in [2.05, 4.69) is 28.6 Å². The Hall–Kier alpha value is -2.83. The molecule has 3 amide bonds. The van der Waals surface area contributed by atoms with E-state index in [1.165, 1.54) is 0 Å². The van der Waals surface area contributed by atoms with E-state index < -0.39 is 66.6 Å². The number of carbonyl (C=O) groups is 6. The minimum atomic E-state index is -1.41. The number of carbonyl (C=O) groups excluding carboxylic acids is 3. The number of carboxylic acid groups (broad SMARTS) is 3.